The molecule has 7 nitrogen and oxygen atoms in total. The van der Waals surface area contributed by atoms with E-state index in [-0.39, 0.29) is 17.7 Å². The molecule has 10 heteroatoms. The van der Waals surface area contributed by atoms with E-state index in [1.54, 1.807) is 36.7 Å². The third kappa shape index (κ3) is 4.87. The Morgan fingerprint density at radius 3 is 2.50 bits per heavy atom. The Labute approximate surface area is 193 Å². The van der Waals surface area contributed by atoms with Crippen LogP contribution in [0.25, 0.3) is 5.69 Å². The van der Waals surface area contributed by atoms with Crippen LogP contribution < -0.4 is 10.1 Å². The van der Waals surface area contributed by atoms with Gasteiger partial charge >= 0.3 is 5.97 Å². The van der Waals surface area contributed by atoms with E-state index in [1.165, 1.54) is 19.2 Å². The first kappa shape index (κ1) is 23.6. The van der Waals surface area contributed by atoms with Gasteiger partial charge in [-0.05, 0) is 49.7 Å². The second-order valence-corrected chi connectivity index (χ2v) is 7.88. The molecule has 2 aromatic carbocycles. The largest absolute Gasteiger partial charge is 0.494 e. The van der Waals surface area contributed by atoms with E-state index in [0.29, 0.717) is 32.7 Å². The molecule has 1 amide bonds. The molecule has 1 aromatic heterocycles. The van der Waals surface area contributed by atoms with Crippen molar-refractivity contribution in [1.29, 1.82) is 0 Å². The average molecular weight is 480 g/mol. The number of benzene rings is 2. The monoisotopic (exact) mass is 479 g/mol. The predicted molar refractivity (Wildman–Crippen MR) is 118 cm³/mol. The maximum atomic E-state index is 14.0. The molecule has 0 aliphatic rings. The van der Waals surface area contributed by atoms with E-state index in [9.17, 15) is 19.1 Å². The fraction of sp³-hybridized carbons (Fsp3) is 0.227. The van der Waals surface area contributed by atoms with Gasteiger partial charge in [-0.25, -0.2) is 13.9 Å². The molecule has 2 N–H and O–H groups in total. The Kier molecular flexibility index (Phi) is 7.06. The average Bonchev–Trinajstić information content (AvgIpc) is 3.02. The Balaban J connectivity index is 1.83. The van der Waals surface area contributed by atoms with Crippen LogP contribution >= 0.6 is 23.2 Å². The Morgan fingerprint density at radius 2 is 1.91 bits per heavy atom. The molecular formula is C22H20Cl2FN3O4. The van der Waals surface area contributed by atoms with Crippen molar-refractivity contribution >= 4 is 35.1 Å². The number of nitrogens with one attached hydrogen (secondary N) is 1. The first-order valence-corrected chi connectivity index (χ1v) is 10.2. The van der Waals surface area contributed by atoms with Crippen LogP contribution in [0.5, 0.6) is 5.75 Å². The second kappa shape index (κ2) is 9.58. The highest BCUT2D eigenvalue weighted by Crippen LogP contribution is 2.27. The van der Waals surface area contributed by atoms with Crippen LogP contribution in [0.2, 0.25) is 10.0 Å². The fourth-order valence-electron chi connectivity index (χ4n) is 3.32. The van der Waals surface area contributed by atoms with Crippen molar-refractivity contribution in [2.24, 2.45) is 0 Å². The van der Waals surface area contributed by atoms with Gasteiger partial charge in [-0.15, -0.1) is 0 Å². The maximum absolute atomic E-state index is 14.0. The zero-order chi connectivity index (χ0) is 23.6. The summed E-state index contributed by atoms with van der Waals surface area (Å²) in [6.45, 7) is 3.54. The highest BCUT2D eigenvalue weighted by Gasteiger charge is 2.25. The van der Waals surface area contributed by atoms with Crippen LogP contribution in [-0.4, -0.2) is 33.9 Å². The fourth-order valence-corrected chi connectivity index (χ4v) is 3.61. The van der Waals surface area contributed by atoms with Crippen molar-refractivity contribution < 1.29 is 23.8 Å². The standard InChI is InChI=1S/C22H20Cl2FN3O4/c1-11-15(12(2)28(27-11)14-5-6-16(23)17(24)9-14)10-20(29)26-21(22(30)31)13-4-7-19(32-3)18(25)8-13/h4-9,21H,10H2,1-3H3,(H,26,29)(H,30,31). The third-order valence-corrected chi connectivity index (χ3v) is 5.73. The molecule has 1 unspecified atom stereocenters. The number of carbonyl (C=O) groups excluding carboxylic acids is 1. The van der Waals surface area contributed by atoms with Crippen molar-refractivity contribution in [2.75, 3.05) is 7.11 Å². The van der Waals surface area contributed by atoms with Crippen LogP contribution in [-0.2, 0) is 16.0 Å². The molecule has 0 radical (unpaired) electrons. The van der Waals surface area contributed by atoms with Gasteiger partial charge in [0.15, 0.2) is 17.6 Å². The normalized spacial score (nSPS) is 11.8. The van der Waals surface area contributed by atoms with Crippen molar-refractivity contribution in [3.63, 3.8) is 0 Å². The number of rotatable bonds is 7. The molecule has 0 fully saturated rings. The zero-order valence-electron chi connectivity index (χ0n) is 17.4. The molecule has 0 spiro atoms. The van der Waals surface area contributed by atoms with Crippen molar-refractivity contribution in [3.8, 4) is 11.4 Å². The van der Waals surface area contributed by atoms with Crippen molar-refractivity contribution in [2.45, 2.75) is 26.3 Å². The highest BCUT2D eigenvalue weighted by molar-refractivity contribution is 6.42. The first-order valence-electron chi connectivity index (χ1n) is 9.48. The summed E-state index contributed by atoms with van der Waals surface area (Å²) in [5.41, 5.74) is 2.69. The number of methoxy groups -OCH3 is 1. The highest BCUT2D eigenvalue weighted by atomic mass is 35.5. The lowest BCUT2D eigenvalue weighted by molar-refractivity contribution is -0.142. The van der Waals surface area contributed by atoms with E-state index in [0.717, 1.165) is 6.07 Å². The van der Waals surface area contributed by atoms with Gasteiger partial charge in [0.05, 0.1) is 35.0 Å². The number of amides is 1. The number of hydrogen-bond donors (Lipinski definition) is 2. The van der Waals surface area contributed by atoms with Crippen LogP contribution in [0.15, 0.2) is 36.4 Å². The Hall–Kier alpha value is -3.10. The molecule has 1 heterocycles. The molecule has 0 saturated carbocycles. The summed E-state index contributed by atoms with van der Waals surface area (Å²) in [7, 11) is 1.30. The summed E-state index contributed by atoms with van der Waals surface area (Å²) in [4.78, 5) is 24.4. The van der Waals surface area contributed by atoms with Gasteiger partial charge in [-0.1, -0.05) is 29.3 Å². The van der Waals surface area contributed by atoms with Gasteiger partial charge in [0.2, 0.25) is 5.91 Å². The van der Waals surface area contributed by atoms with Crippen LogP contribution in [0, 0.1) is 19.7 Å². The second-order valence-electron chi connectivity index (χ2n) is 7.07. The number of carboxylic acid groups (broad SMARTS) is 1. The van der Waals surface area contributed by atoms with Gasteiger partial charge < -0.3 is 15.2 Å². The Morgan fingerprint density at radius 1 is 1.19 bits per heavy atom. The van der Waals surface area contributed by atoms with Crippen molar-refractivity contribution in [1.82, 2.24) is 15.1 Å². The molecular weight excluding hydrogens is 460 g/mol. The van der Waals surface area contributed by atoms with Gasteiger partial charge in [0.25, 0.3) is 0 Å². The zero-order valence-corrected chi connectivity index (χ0v) is 19.0. The Bertz CT molecular complexity index is 1200. The minimum absolute atomic E-state index is 0.0230. The van der Waals surface area contributed by atoms with Gasteiger partial charge in [-0.3, -0.25) is 4.79 Å². The number of carboxylic acids is 1. The predicted octanol–water partition coefficient (Wildman–Crippen LogP) is 4.43. The maximum Gasteiger partial charge on any atom is 0.330 e. The molecule has 0 aliphatic carbocycles. The lowest BCUT2D eigenvalue weighted by Crippen LogP contribution is -2.35. The molecule has 0 aliphatic heterocycles. The lowest BCUT2D eigenvalue weighted by atomic mass is 10.0. The number of halogens is 3. The van der Waals surface area contributed by atoms with E-state index < -0.39 is 23.7 Å². The summed E-state index contributed by atoms with van der Waals surface area (Å²) in [6.07, 6.45) is -0.110. The van der Waals surface area contributed by atoms with E-state index in [2.05, 4.69) is 10.4 Å². The molecule has 3 rings (SSSR count). The third-order valence-electron chi connectivity index (χ3n) is 4.99. The molecule has 0 bridgehead atoms. The number of carbonyl (C=O) groups is 2. The van der Waals surface area contributed by atoms with E-state index in [4.69, 9.17) is 27.9 Å². The smallest absolute Gasteiger partial charge is 0.330 e. The van der Waals surface area contributed by atoms with Crippen LogP contribution in [0.1, 0.15) is 28.6 Å². The first-order chi connectivity index (χ1) is 15.1. The molecule has 168 valence electrons. The topological polar surface area (TPSA) is 93.5 Å². The van der Waals surface area contributed by atoms with Gasteiger partial charge in [0, 0.05) is 11.3 Å². The van der Waals surface area contributed by atoms with E-state index in [1.807, 2.05) is 0 Å². The lowest BCUT2D eigenvalue weighted by Gasteiger charge is -2.16. The summed E-state index contributed by atoms with van der Waals surface area (Å²) < 4.78 is 20.5. The number of nitrogens with zero attached hydrogens (tertiary/aromatic N) is 2. The molecule has 3 aromatic rings. The number of aromatic nitrogens is 2. The number of ether oxygens (including phenoxy) is 1. The van der Waals surface area contributed by atoms with Crippen LogP contribution in [0.3, 0.4) is 0 Å². The summed E-state index contributed by atoms with van der Waals surface area (Å²) in [6, 6.07) is 7.35. The van der Waals surface area contributed by atoms with Crippen LogP contribution in [0.4, 0.5) is 4.39 Å². The minimum atomic E-state index is -1.42. The number of aliphatic carboxylic acids is 1. The molecule has 0 saturated heterocycles. The SMILES string of the molecule is COc1ccc(C(NC(=O)Cc2c(C)nn(-c3ccc(Cl)c(Cl)c3)c2C)C(=O)O)cc1F. The molecule has 32 heavy (non-hydrogen) atoms. The number of hydrogen-bond acceptors (Lipinski definition) is 4. The summed E-state index contributed by atoms with van der Waals surface area (Å²) >= 11 is 12.1. The molecule has 1 atom stereocenters. The number of aryl methyl sites for hydroxylation is 1. The summed E-state index contributed by atoms with van der Waals surface area (Å²) in [5.74, 6) is -2.61. The van der Waals surface area contributed by atoms with Gasteiger partial charge in [0.1, 0.15) is 0 Å². The van der Waals surface area contributed by atoms with E-state index >= 15 is 0 Å². The minimum Gasteiger partial charge on any atom is -0.494 e. The quantitative estimate of drug-likeness (QED) is 0.522. The van der Waals surface area contributed by atoms with Gasteiger partial charge in [-0.2, -0.15) is 5.10 Å². The summed E-state index contributed by atoms with van der Waals surface area (Å²) in [5, 5.41) is 17.2. The van der Waals surface area contributed by atoms with Crippen molar-refractivity contribution in [3.05, 3.63) is 74.8 Å².